The predicted molar refractivity (Wildman–Crippen MR) is 107 cm³/mol. The SMILES string of the molecule is Cn1c(=O)c2c(nc(N3CCOCC3)n2C[C@H](O)CN2CCOCC2)n(C)c1=O. The van der Waals surface area contributed by atoms with E-state index in [2.05, 4.69) is 9.88 Å². The average molecular weight is 408 g/mol. The van der Waals surface area contributed by atoms with E-state index in [1.807, 2.05) is 4.90 Å². The first-order valence-electron chi connectivity index (χ1n) is 9.94. The third-order valence-electron chi connectivity index (χ3n) is 5.59. The normalized spacial score (nSPS) is 19.8. The van der Waals surface area contributed by atoms with E-state index in [0.717, 1.165) is 17.7 Å². The molecule has 29 heavy (non-hydrogen) atoms. The number of aryl methyl sites for hydroxylation is 1. The van der Waals surface area contributed by atoms with Gasteiger partial charge >= 0.3 is 5.69 Å². The van der Waals surface area contributed by atoms with E-state index in [1.54, 1.807) is 11.6 Å². The fourth-order valence-corrected chi connectivity index (χ4v) is 3.96. The quantitative estimate of drug-likeness (QED) is 0.603. The Hall–Kier alpha value is -2.21. The average Bonchev–Trinajstić information content (AvgIpc) is 3.11. The van der Waals surface area contributed by atoms with Crippen LogP contribution in [0.3, 0.4) is 0 Å². The lowest BCUT2D eigenvalue weighted by molar-refractivity contribution is 0.0117. The van der Waals surface area contributed by atoms with Crippen LogP contribution in [-0.2, 0) is 30.1 Å². The van der Waals surface area contributed by atoms with E-state index in [-0.39, 0.29) is 6.54 Å². The molecular weight excluding hydrogens is 380 g/mol. The van der Waals surface area contributed by atoms with E-state index < -0.39 is 17.4 Å². The molecule has 1 atom stereocenters. The second-order valence-corrected chi connectivity index (χ2v) is 7.57. The van der Waals surface area contributed by atoms with Crippen molar-refractivity contribution >= 4 is 17.1 Å². The number of β-amino-alcohol motifs (C(OH)–C–C–N with tert-alkyl or cyclic N) is 1. The maximum atomic E-state index is 12.9. The molecule has 4 heterocycles. The Kier molecular flexibility index (Phi) is 5.72. The van der Waals surface area contributed by atoms with Crippen LogP contribution in [0.25, 0.3) is 11.2 Å². The molecule has 0 unspecified atom stereocenters. The summed E-state index contributed by atoms with van der Waals surface area (Å²) >= 11 is 0. The standard InChI is InChI=1S/C18H28N6O5/c1-20-15-14(16(26)21(2)18(20)27)24(17(19-15)23-5-9-29-10-6-23)12-13(25)11-22-3-7-28-8-4-22/h13,25H,3-12H2,1-2H3/t13-/m1/s1. The molecule has 0 aromatic carbocycles. The first-order valence-corrected chi connectivity index (χ1v) is 9.94. The predicted octanol–water partition coefficient (Wildman–Crippen LogP) is -2.04. The van der Waals surface area contributed by atoms with E-state index in [1.165, 1.54) is 11.6 Å². The van der Waals surface area contributed by atoms with Crippen molar-refractivity contribution < 1.29 is 14.6 Å². The number of hydrogen-bond donors (Lipinski definition) is 1. The first kappa shape index (κ1) is 20.1. The van der Waals surface area contributed by atoms with Crippen LogP contribution in [0.2, 0.25) is 0 Å². The highest BCUT2D eigenvalue weighted by Gasteiger charge is 2.26. The van der Waals surface area contributed by atoms with Gasteiger partial charge in [0.15, 0.2) is 11.2 Å². The number of imidazole rings is 1. The summed E-state index contributed by atoms with van der Waals surface area (Å²) in [6, 6.07) is 0. The third-order valence-corrected chi connectivity index (χ3v) is 5.59. The zero-order valence-electron chi connectivity index (χ0n) is 16.9. The van der Waals surface area contributed by atoms with Crippen LogP contribution in [0.4, 0.5) is 5.95 Å². The third kappa shape index (κ3) is 3.82. The Labute approximate surface area is 167 Å². The van der Waals surface area contributed by atoms with E-state index >= 15 is 0 Å². The number of fused-ring (bicyclic) bond motifs is 1. The Morgan fingerprint density at radius 2 is 1.59 bits per heavy atom. The summed E-state index contributed by atoms with van der Waals surface area (Å²) in [7, 11) is 3.06. The van der Waals surface area contributed by atoms with Crippen LogP contribution >= 0.6 is 0 Å². The van der Waals surface area contributed by atoms with E-state index in [0.29, 0.717) is 63.2 Å². The van der Waals surface area contributed by atoms with Crippen molar-refractivity contribution in [1.82, 2.24) is 23.6 Å². The molecule has 1 N–H and O–H groups in total. The fraction of sp³-hybridized carbons (Fsp3) is 0.722. The lowest BCUT2D eigenvalue weighted by Gasteiger charge is -2.30. The minimum Gasteiger partial charge on any atom is -0.390 e. The van der Waals surface area contributed by atoms with Crippen LogP contribution in [0.15, 0.2) is 9.59 Å². The highest BCUT2D eigenvalue weighted by atomic mass is 16.5. The number of ether oxygens (including phenoxy) is 2. The summed E-state index contributed by atoms with van der Waals surface area (Å²) in [6.07, 6.45) is -0.688. The number of hydrogen-bond acceptors (Lipinski definition) is 8. The van der Waals surface area contributed by atoms with Crippen LogP contribution in [-0.4, -0.2) is 93.9 Å². The number of anilines is 1. The van der Waals surface area contributed by atoms with Crippen molar-refractivity contribution in [2.24, 2.45) is 14.1 Å². The van der Waals surface area contributed by atoms with Crippen LogP contribution in [0.1, 0.15) is 0 Å². The number of aliphatic hydroxyl groups is 1. The molecule has 0 aliphatic carbocycles. The maximum Gasteiger partial charge on any atom is 0.332 e. The Balaban J connectivity index is 1.74. The molecular formula is C18H28N6O5. The van der Waals surface area contributed by atoms with Crippen molar-refractivity contribution in [1.29, 1.82) is 0 Å². The lowest BCUT2D eigenvalue weighted by Crippen LogP contribution is -2.43. The summed E-state index contributed by atoms with van der Waals surface area (Å²) in [4.78, 5) is 34.1. The van der Waals surface area contributed by atoms with Gasteiger partial charge in [0.1, 0.15) is 0 Å². The Bertz CT molecular complexity index is 983. The summed E-state index contributed by atoms with van der Waals surface area (Å²) in [5.74, 6) is 0.586. The molecule has 2 aliphatic heterocycles. The van der Waals surface area contributed by atoms with Crippen molar-refractivity contribution in [2.45, 2.75) is 12.6 Å². The second-order valence-electron chi connectivity index (χ2n) is 7.57. The van der Waals surface area contributed by atoms with Gasteiger partial charge in [0.25, 0.3) is 5.56 Å². The molecule has 2 aromatic rings. The molecule has 4 rings (SSSR count). The molecule has 11 nitrogen and oxygen atoms in total. The van der Waals surface area contributed by atoms with Crippen LogP contribution in [0, 0.1) is 0 Å². The van der Waals surface area contributed by atoms with Crippen molar-refractivity contribution in [3.63, 3.8) is 0 Å². The molecule has 0 radical (unpaired) electrons. The minimum absolute atomic E-state index is 0.216. The van der Waals surface area contributed by atoms with E-state index in [4.69, 9.17) is 9.47 Å². The fourth-order valence-electron chi connectivity index (χ4n) is 3.96. The van der Waals surface area contributed by atoms with Crippen molar-refractivity contribution in [3.05, 3.63) is 20.8 Å². The Morgan fingerprint density at radius 3 is 2.24 bits per heavy atom. The van der Waals surface area contributed by atoms with Gasteiger partial charge in [-0.25, -0.2) is 4.79 Å². The number of aliphatic hydroxyl groups excluding tert-OH is 1. The summed E-state index contributed by atoms with van der Waals surface area (Å²) in [5, 5.41) is 10.8. The highest BCUT2D eigenvalue weighted by Crippen LogP contribution is 2.21. The van der Waals surface area contributed by atoms with Crippen LogP contribution in [0.5, 0.6) is 0 Å². The molecule has 160 valence electrons. The van der Waals surface area contributed by atoms with Gasteiger partial charge in [-0.05, 0) is 0 Å². The molecule has 2 fully saturated rings. The summed E-state index contributed by atoms with van der Waals surface area (Å²) < 4.78 is 15.0. The zero-order valence-corrected chi connectivity index (χ0v) is 16.9. The molecule has 2 saturated heterocycles. The largest absolute Gasteiger partial charge is 0.390 e. The van der Waals surface area contributed by atoms with Crippen molar-refractivity contribution in [2.75, 3.05) is 64.1 Å². The zero-order chi connectivity index (χ0) is 20.5. The molecule has 0 saturated carbocycles. The molecule has 0 bridgehead atoms. The lowest BCUT2D eigenvalue weighted by atomic mass is 10.3. The highest BCUT2D eigenvalue weighted by molar-refractivity contribution is 5.74. The molecule has 11 heteroatoms. The number of aromatic nitrogens is 4. The van der Waals surface area contributed by atoms with Gasteiger partial charge in [-0.15, -0.1) is 0 Å². The number of rotatable bonds is 5. The topological polar surface area (TPSA) is 107 Å². The van der Waals surface area contributed by atoms with Gasteiger partial charge in [0, 0.05) is 46.8 Å². The smallest absolute Gasteiger partial charge is 0.332 e. The van der Waals surface area contributed by atoms with Gasteiger partial charge in [-0.2, -0.15) is 4.98 Å². The number of morpholine rings is 2. The van der Waals surface area contributed by atoms with Gasteiger partial charge in [-0.3, -0.25) is 18.8 Å². The monoisotopic (exact) mass is 408 g/mol. The van der Waals surface area contributed by atoms with Crippen LogP contribution < -0.4 is 16.1 Å². The molecule has 0 amide bonds. The maximum absolute atomic E-state index is 12.9. The van der Waals surface area contributed by atoms with Gasteiger partial charge in [0.2, 0.25) is 5.95 Å². The second kappa shape index (κ2) is 8.27. The van der Waals surface area contributed by atoms with Gasteiger partial charge in [-0.1, -0.05) is 0 Å². The first-order chi connectivity index (χ1) is 14.0. The molecule has 2 aliphatic rings. The molecule has 2 aromatic heterocycles. The Morgan fingerprint density at radius 1 is 0.966 bits per heavy atom. The summed E-state index contributed by atoms with van der Waals surface area (Å²) in [6.45, 7) is 5.96. The van der Waals surface area contributed by atoms with Gasteiger partial charge in [0.05, 0.1) is 39.1 Å². The summed E-state index contributed by atoms with van der Waals surface area (Å²) in [5.41, 5.74) is -0.168. The van der Waals surface area contributed by atoms with Gasteiger partial charge < -0.3 is 24.0 Å². The number of nitrogens with zero attached hydrogens (tertiary/aromatic N) is 6. The van der Waals surface area contributed by atoms with Crippen molar-refractivity contribution in [3.8, 4) is 0 Å². The van der Waals surface area contributed by atoms with E-state index in [9.17, 15) is 14.7 Å². The molecule has 0 spiro atoms. The minimum atomic E-state index is -0.688.